The van der Waals surface area contributed by atoms with Crippen molar-refractivity contribution in [3.8, 4) is 0 Å². The lowest BCUT2D eigenvalue weighted by Crippen LogP contribution is -2.45. The average Bonchev–Trinajstić information content (AvgIpc) is 2.80. The summed E-state index contributed by atoms with van der Waals surface area (Å²) in [4.78, 5) is 14.0. The predicted molar refractivity (Wildman–Crippen MR) is 74.0 cm³/mol. The van der Waals surface area contributed by atoms with Crippen LogP contribution in [-0.2, 0) is 23.0 Å². The van der Waals surface area contributed by atoms with Crippen LogP contribution >= 0.6 is 0 Å². The van der Waals surface area contributed by atoms with E-state index in [4.69, 9.17) is 4.74 Å². The zero-order valence-corrected chi connectivity index (χ0v) is 11.8. The minimum Gasteiger partial charge on any atom is -0.374 e. The Morgan fingerprint density at radius 2 is 2.37 bits per heavy atom. The highest BCUT2D eigenvalue weighted by Crippen LogP contribution is 2.04. The summed E-state index contributed by atoms with van der Waals surface area (Å²) in [6, 6.07) is 4.05. The van der Waals surface area contributed by atoms with Crippen molar-refractivity contribution in [2.24, 2.45) is 7.05 Å². The summed E-state index contributed by atoms with van der Waals surface area (Å²) in [6.07, 6.45) is 3.43. The minimum absolute atomic E-state index is 0.0954. The topological polar surface area (TPSA) is 46.5 Å². The second-order valence-corrected chi connectivity index (χ2v) is 5.17. The number of nitrogens with zero attached hydrogens (tertiary/aromatic N) is 2. The first kappa shape index (κ1) is 14.1. The molecular formula is C14H23N3O2. The predicted octanol–water partition coefficient (Wildman–Crippen LogP) is 0.405. The Morgan fingerprint density at radius 1 is 1.53 bits per heavy atom. The minimum atomic E-state index is 0.0954. The molecule has 1 N–H and O–H groups in total. The summed E-state index contributed by atoms with van der Waals surface area (Å²) < 4.78 is 7.66. The first-order valence-electron chi connectivity index (χ1n) is 6.82. The number of hydrogen-bond donors (Lipinski definition) is 1. The van der Waals surface area contributed by atoms with Crippen LogP contribution in [-0.4, -0.2) is 54.8 Å². The van der Waals surface area contributed by atoms with E-state index in [-0.39, 0.29) is 12.0 Å². The number of likely N-dealkylation sites (N-methyl/N-ethyl adjacent to an activating group) is 1. The number of nitrogens with one attached hydrogen (secondary N) is 1. The average molecular weight is 265 g/mol. The molecule has 0 aliphatic carbocycles. The summed E-state index contributed by atoms with van der Waals surface area (Å²) in [5.41, 5.74) is 1.18. The number of hydrogen-bond acceptors (Lipinski definition) is 3. The van der Waals surface area contributed by atoms with Crippen LogP contribution < -0.4 is 5.32 Å². The van der Waals surface area contributed by atoms with Gasteiger partial charge in [0.25, 0.3) is 0 Å². The van der Waals surface area contributed by atoms with Gasteiger partial charge in [-0.15, -0.1) is 0 Å². The molecule has 1 aliphatic rings. The summed E-state index contributed by atoms with van der Waals surface area (Å²) in [7, 11) is 4.08. The van der Waals surface area contributed by atoms with Gasteiger partial charge >= 0.3 is 0 Å². The van der Waals surface area contributed by atoms with Crippen molar-refractivity contribution in [1.29, 1.82) is 0 Å². The molecule has 1 aliphatic heterocycles. The molecular weight excluding hydrogens is 242 g/mol. The van der Waals surface area contributed by atoms with Crippen molar-refractivity contribution in [2.75, 3.05) is 33.3 Å². The highest BCUT2D eigenvalue weighted by atomic mass is 16.5. The molecule has 106 valence electrons. The number of rotatable bonds is 5. The van der Waals surface area contributed by atoms with Gasteiger partial charge in [0.15, 0.2) is 0 Å². The Kier molecular flexibility index (Phi) is 4.99. The maximum absolute atomic E-state index is 11.8. The molecule has 1 aromatic rings. The van der Waals surface area contributed by atoms with Gasteiger partial charge in [-0.05, 0) is 25.6 Å². The molecule has 2 heterocycles. The normalized spacial score (nSPS) is 20.4. The summed E-state index contributed by atoms with van der Waals surface area (Å²) in [5, 5.41) is 2.95. The lowest BCUT2D eigenvalue weighted by Gasteiger charge is -2.30. The van der Waals surface area contributed by atoms with Crippen molar-refractivity contribution < 1.29 is 9.53 Å². The standard InChI is InChI=1S/C14H23N3O2/c1-16-8-9-19-13(11-16)10-15-14(18)6-5-12-4-3-7-17(12)2/h3-4,7,13H,5-6,8-11H2,1-2H3,(H,15,18)/t13-/m1/s1. The van der Waals surface area contributed by atoms with Crippen LogP contribution in [0.2, 0.25) is 0 Å². The van der Waals surface area contributed by atoms with Crippen LogP contribution in [0.3, 0.4) is 0 Å². The van der Waals surface area contributed by atoms with Gasteiger partial charge in [0.2, 0.25) is 5.91 Å². The van der Waals surface area contributed by atoms with Gasteiger partial charge in [0, 0.05) is 45.0 Å². The van der Waals surface area contributed by atoms with E-state index in [1.165, 1.54) is 5.69 Å². The molecule has 0 unspecified atom stereocenters. The van der Waals surface area contributed by atoms with Crippen LogP contribution in [0.5, 0.6) is 0 Å². The smallest absolute Gasteiger partial charge is 0.220 e. The van der Waals surface area contributed by atoms with Gasteiger partial charge in [0.05, 0.1) is 12.7 Å². The first-order chi connectivity index (χ1) is 9.15. The van der Waals surface area contributed by atoms with Gasteiger partial charge in [-0.1, -0.05) is 0 Å². The first-order valence-corrected chi connectivity index (χ1v) is 6.82. The molecule has 0 spiro atoms. The summed E-state index contributed by atoms with van der Waals surface area (Å²) in [5.74, 6) is 0.0954. The third-order valence-corrected chi connectivity index (χ3v) is 3.53. The van der Waals surface area contributed by atoms with Crippen molar-refractivity contribution in [3.63, 3.8) is 0 Å². The SMILES string of the molecule is CN1CCO[C@H](CNC(=O)CCc2cccn2C)C1. The number of aromatic nitrogens is 1. The number of ether oxygens (including phenoxy) is 1. The molecule has 0 radical (unpaired) electrons. The fourth-order valence-corrected chi connectivity index (χ4v) is 2.30. The van der Waals surface area contributed by atoms with Crippen LogP contribution in [0, 0.1) is 0 Å². The second-order valence-electron chi connectivity index (χ2n) is 5.17. The van der Waals surface area contributed by atoms with Gasteiger partial charge in [-0.25, -0.2) is 0 Å². The Labute approximate surface area is 114 Å². The maximum atomic E-state index is 11.8. The molecule has 0 bridgehead atoms. The Balaban J connectivity index is 1.66. The third-order valence-electron chi connectivity index (χ3n) is 3.53. The molecule has 1 aromatic heterocycles. The van der Waals surface area contributed by atoms with Crippen molar-refractivity contribution in [3.05, 3.63) is 24.0 Å². The Bertz CT molecular complexity index is 417. The molecule has 1 fully saturated rings. The van der Waals surface area contributed by atoms with Crippen LogP contribution in [0.4, 0.5) is 0 Å². The van der Waals surface area contributed by atoms with Gasteiger partial charge in [0.1, 0.15) is 0 Å². The van der Waals surface area contributed by atoms with Crippen LogP contribution in [0.25, 0.3) is 0 Å². The quantitative estimate of drug-likeness (QED) is 0.838. The van der Waals surface area contributed by atoms with E-state index in [9.17, 15) is 4.79 Å². The molecule has 0 saturated carbocycles. The highest BCUT2D eigenvalue weighted by molar-refractivity contribution is 5.76. The summed E-state index contributed by atoms with van der Waals surface area (Å²) in [6.45, 7) is 3.22. The molecule has 1 amide bonds. The molecule has 2 rings (SSSR count). The molecule has 5 nitrogen and oxygen atoms in total. The number of amides is 1. The van der Waals surface area contributed by atoms with Crippen LogP contribution in [0.1, 0.15) is 12.1 Å². The summed E-state index contributed by atoms with van der Waals surface area (Å²) >= 11 is 0. The molecule has 0 aromatic carbocycles. The van der Waals surface area contributed by atoms with E-state index in [0.717, 1.165) is 26.1 Å². The van der Waals surface area contributed by atoms with Crippen molar-refractivity contribution >= 4 is 5.91 Å². The number of morpholine rings is 1. The highest BCUT2D eigenvalue weighted by Gasteiger charge is 2.18. The molecule has 1 saturated heterocycles. The van der Waals surface area contributed by atoms with E-state index < -0.39 is 0 Å². The molecule has 1 atom stereocenters. The van der Waals surface area contributed by atoms with E-state index in [1.54, 1.807) is 0 Å². The fraction of sp³-hybridized carbons (Fsp3) is 0.643. The second kappa shape index (κ2) is 6.73. The van der Waals surface area contributed by atoms with Crippen LogP contribution in [0.15, 0.2) is 18.3 Å². The number of carbonyl (C=O) groups excluding carboxylic acids is 1. The zero-order valence-electron chi connectivity index (χ0n) is 11.8. The Hall–Kier alpha value is -1.33. The largest absolute Gasteiger partial charge is 0.374 e. The van der Waals surface area contributed by atoms with Gasteiger partial charge in [-0.3, -0.25) is 4.79 Å². The van der Waals surface area contributed by atoms with E-state index in [0.29, 0.717) is 13.0 Å². The van der Waals surface area contributed by atoms with E-state index in [1.807, 2.05) is 29.9 Å². The lowest BCUT2D eigenvalue weighted by atomic mass is 10.2. The fourth-order valence-electron chi connectivity index (χ4n) is 2.30. The van der Waals surface area contributed by atoms with E-state index in [2.05, 4.69) is 17.3 Å². The lowest BCUT2D eigenvalue weighted by molar-refractivity contribution is -0.122. The third kappa shape index (κ3) is 4.36. The van der Waals surface area contributed by atoms with Crippen molar-refractivity contribution in [2.45, 2.75) is 18.9 Å². The Morgan fingerprint density at radius 3 is 3.05 bits per heavy atom. The monoisotopic (exact) mass is 265 g/mol. The molecule has 19 heavy (non-hydrogen) atoms. The zero-order chi connectivity index (χ0) is 13.7. The van der Waals surface area contributed by atoms with Crippen molar-refractivity contribution in [1.82, 2.24) is 14.8 Å². The van der Waals surface area contributed by atoms with E-state index >= 15 is 0 Å². The van der Waals surface area contributed by atoms with Gasteiger partial charge < -0.3 is 19.5 Å². The maximum Gasteiger partial charge on any atom is 0.220 e. The number of aryl methyl sites for hydroxylation is 2. The van der Waals surface area contributed by atoms with Gasteiger partial charge in [-0.2, -0.15) is 0 Å². The number of carbonyl (C=O) groups is 1. The molecule has 5 heteroatoms.